The molecule has 1 N–H and O–H groups in total. The van der Waals surface area contributed by atoms with Gasteiger partial charge in [0.15, 0.2) is 0 Å². The summed E-state index contributed by atoms with van der Waals surface area (Å²) in [5.74, 6) is 2.21. The van der Waals surface area contributed by atoms with Crippen LogP contribution in [0, 0.1) is 18.8 Å². The summed E-state index contributed by atoms with van der Waals surface area (Å²) in [4.78, 5) is 0. The van der Waals surface area contributed by atoms with Crippen LogP contribution in [0.5, 0.6) is 5.75 Å². The molecule has 1 aromatic rings. The number of hydrogen-bond donors (Lipinski definition) is 1. The largest absolute Gasteiger partial charge is 0.496 e. The third-order valence-corrected chi connectivity index (χ3v) is 4.78. The fourth-order valence-corrected chi connectivity index (χ4v) is 3.08. The van der Waals surface area contributed by atoms with Gasteiger partial charge in [-0.2, -0.15) is 0 Å². The van der Waals surface area contributed by atoms with Crippen LogP contribution in [0.25, 0.3) is 0 Å². The van der Waals surface area contributed by atoms with Crippen molar-refractivity contribution in [2.75, 3.05) is 13.7 Å². The zero-order valence-corrected chi connectivity index (χ0v) is 13.6. The number of hydrogen-bond acceptors (Lipinski definition) is 3. The molecule has 1 aliphatic carbocycles. The molecule has 0 saturated heterocycles. The van der Waals surface area contributed by atoms with E-state index < -0.39 is 6.10 Å². The zero-order chi connectivity index (χ0) is 15.4. The minimum absolute atomic E-state index is 0.279. The lowest BCUT2D eigenvalue weighted by atomic mass is 9.80. The van der Waals surface area contributed by atoms with Crippen LogP contribution in [0.1, 0.15) is 50.3 Å². The average molecular weight is 292 g/mol. The Hall–Kier alpha value is -1.06. The fourth-order valence-electron chi connectivity index (χ4n) is 3.08. The highest BCUT2D eigenvalue weighted by molar-refractivity contribution is 5.38. The normalized spacial score (nSPS) is 27.4. The Bertz CT molecular complexity index is 458. The second-order valence-electron chi connectivity index (χ2n) is 6.48. The lowest BCUT2D eigenvalue weighted by molar-refractivity contribution is -0.0402. The molecule has 0 aliphatic heterocycles. The maximum absolute atomic E-state index is 10.4. The maximum atomic E-state index is 10.4. The lowest BCUT2D eigenvalue weighted by Crippen LogP contribution is -2.28. The predicted molar refractivity (Wildman–Crippen MR) is 84.6 cm³/mol. The van der Waals surface area contributed by atoms with Gasteiger partial charge in [0, 0.05) is 5.56 Å². The first kappa shape index (κ1) is 16.3. The highest BCUT2D eigenvalue weighted by Crippen LogP contribution is 2.32. The second-order valence-corrected chi connectivity index (χ2v) is 6.48. The predicted octanol–water partition coefficient (Wildman–Crippen LogP) is 3.88. The van der Waals surface area contributed by atoms with E-state index in [1.807, 2.05) is 25.1 Å². The van der Waals surface area contributed by atoms with Gasteiger partial charge in [0.25, 0.3) is 0 Å². The van der Waals surface area contributed by atoms with Crippen molar-refractivity contribution in [2.24, 2.45) is 11.8 Å². The topological polar surface area (TPSA) is 38.7 Å². The van der Waals surface area contributed by atoms with Crippen LogP contribution in [0.4, 0.5) is 0 Å². The molecule has 0 bridgehead atoms. The SMILES string of the molecule is COc1ccc(C)cc1C(O)COC1CCC(C)C(C)C1. The molecule has 0 radical (unpaired) electrons. The van der Waals surface area contributed by atoms with Crippen LogP contribution in [-0.4, -0.2) is 24.9 Å². The molecule has 1 fully saturated rings. The Morgan fingerprint density at radius 3 is 2.67 bits per heavy atom. The van der Waals surface area contributed by atoms with E-state index in [1.54, 1.807) is 7.11 Å². The Morgan fingerprint density at radius 1 is 1.24 bits per heavy atom. The molecule has 0 aromatic heterocycles. The van der Waals surface area contributed by atoms with E-state index in [0.717, 1.165) is 35.6 Å². The fraction of sp³-hybridized carbons (Fsp3) is 0.667. The number of rotatable bonds is 5. The summed E-state index contributed by atoms with van der Waals surface area (Å²) in [6.45, 7) is 6.96. The molecule has 1 aromatic carbocycles. The van der Waals surface area contributed by atoms with Crippen molar-refractivity contribution in [1.82, 2.24) is 0 Å². The van der Waals surface area contributed by atoms with Gasteiger partial charge >= 0.3 is 0 Å². The first-order valence-corrected chi connectivity index (χ1v) is 7.95. The van der Waals surface area contributed by atoms with Crippen LogP contribution in [0.15, 0.2) is 18.2 Å². The quantitative estimate of drug-likeness (QED) is 0.895. The summed E-state index contributed by atoms with van der Waals surface area (Å²) in [7, 11) is 1.63. The summed E-state index contributed by atoms with van der Waals surface area (Å²) in [6.07, 6.45) is 3.06. The van der Waals surface area contributed by atoms with E-state index >= 15 is 0 Å². The highest BCUT2D eigenvalue weighted by atomic mass is 16.5. The van der Waals surface area contributed by atoms with E-state index in [9.17, 15) is 5.11 Å². The van der Waals surface area contributed by atoms with E-state index in [0.29, 0.717) is 12.5 Å². The van der Waals surface area contributed by atoms with Crippen molar-refractivity contribution in [3.63, 3.8) is 0 Å². The Kier molecular flexibility index (Phi) is 5.65. The van der Waals surface area contributed by atoms with Gasteiger partial charge in [-0.3, -0.25) is 0 Å². The summed E-state index contributed by atoms with van der Waals surface area (Å²) in [5.41, 5.74) is 1.93. The molecule has 3 nitrogen and oxygen atoms in total. The van der Waals surface area contributed by atoms with Crippen molar-refractivity contribution < 1.29 is 14.6 Å². The Labute approximate surface area is 128 Å². The number of aliphatic hydroxyl groups excluding tert-OH is 1. The van der Waals surface area contributed by atoms with Gasteiger partial charge in [0.05, 0.1) is 19.8 Å². The molecule has 118 valence electrons. The monoisotopic (exact) mass is 292 g/mol. The molecule has 4 unspecified atom stereocenters. The second kappa shape index (κ2) is 7.28. The molecular weight excluding hydrogens is 264 g/mol. The minimum atomic E-state index is -0.630. The van der Waals surface area contributed by atoms with Gasteiger partial charge in [-0.15, -0.1) is 0 Å². The lowest BCUT2D eigenvalue weighted by Gasteiger charge is -2.32. The van der Waals surface area contributed by atoms with Crippen LogP contribution in [-0.2, 0) is 4.74 Å². The molecule has 21 heavy (non-hydrogen) atoms. The molecule has 2 rings (SSSR count). The number of aliphatic hydroxyl groups is 1. The van der Waals surface area contributed by atoms with Gasteiger partial charge in [-0.25, -0.2) is 0 Å². The van der Waals surface area contributed by atoms with Gasteiger partial charge in [-0.05, 0) is 50.2 Å². The van der Waals surface area contributed by atoms with Crippen LogP contribution in [0.3, 0.4) is 0 Å². The third-order valence-electron chi connectivity index (χ3n) is 4.78. The first-order chi connectivity index (χ1) is 10.0. The smallest absolute Gasteiger partial charge is 0.124 e. The zero-order valence-electron chi connectivity index (χ0n) is 13.6. The Balaban J connectivity index is 1.93. The molecule has 0 amide bonds. The highest BCUT2D eigenvalue weighted by Gasteiger charge is 2.26. The minimum Gasteiger partial charge on any atom is -0.496 e. The van der Waals surface area contributed by atoms with Crippen molar-refractivity contribution in [3.8, 4) is 5.75 Å². The van der Waals surface area contributed by atoms with Gasteiger partial charge < -0.3 is 14.6 Å². The average Bonchev–Trinajstić information content (AvgIpc) is 2.48. The van der Waals surface area contributed by atoms with E-state index in [-0.39, 0.29) is 6.10 Å². The first-order valence-electron chi connectivity index (χ1n) is 7.95. The van der Waals surface area contributed by atoms with Gasteiger partial charge in [-0.1, -0.05) is 25.5 Å². The van der Waals surface area contributed by atoms with Crippen LogP contribution >= 0.6 is 0 Å². The van der Waals surface area contributed by atoms with E-state index in [4.69, 9.17) is 9.47 Å². The molecule has 3 heteroatoms. The standard InChI is InChI=1S/C18H28O3/c1-12-5-8-18(20-4)16(9-12)17(19)11-21-15-7-6-13(2)14(3)10-15/h5,8-9,13-15,17,19H,6-7,10-11H2,1-4H3. The summed E-state index contributed by atoms with van der Waals surface area (Å²) < 4.78 is 11.3. The summed E-state index contributed by atoms with van der Waals surface area (Å²) in [5, 5.41) is 10.4. The number of aryl methyl sites for hydroxylation is 1. The molecule has 0 heterocycles. The molecule has 1 aliphatic rings. The van der Waals surface area contributed by atoms with Gasteiger partial charge in [0.2, 0.25) is 0 Å². The number of methoxy groups -OCH3 is 1. The van der Waals surface area contributed by atoms with Crippen molar-refractivity contribution in [3.05, 3.63) is 29.3 Å². The molecule has 1 saturated carbocycles. The maximum Gasteiger partial charge on any atom is 0.124 e. The molecule has 4 atom stereocenters. The van der Waals surface area contributed by atoms with Crippen molar-refractivity contribution in [1.29, 1.82) is 0 Å². The van der Waals surface area contributed by atoms with E-state index in [1.165, 1.54) is 6.42 Å². The summed E-state index contributed by atoms with van der Waals surface area (Å²) >= 11 is 0. The molecular formula is C18H28O3. The third kappa shape index (κ3) is 4.21. The Morgan fingerprint density at radius 2 is 2.00 bits per heavy atom. The number of ether oxygens (including phenoxy) is 2. The molecule has 0 spiro atoms. The number of benzene rings is 1. The van der Waals surface area contributed by atoms with Crippen molar-refractivity contribution in [2.45, 2.75) is 52.2 Å². The summed E-state index contributed by atoms with van der Waals surface area (Å²) in [6, 6.07) is 5.86. The van der Waals surface area contributed by atoms with Crippen molar-refractivity contribution >= 4 is 0 Å². The van der Waals surface area contributed by atoms with Crippen LogP contribution < -0.4 is 4.74 Å². The van der Waals surface area contributed by atoms with Crippen LogP contribution in [0.2, 0.25) is 0 Å². The van der Waals surface area contributed by atoms with E-state index in [2.05, 4.69) is 13.8 Å². The van der Waals surface area contributed by atoms with Gasteiger partial charge in [0.1, 0.15) is 11.9 Å².